The number of nitrogens with one attached hydrogen (secondary N) is 1. The van der Waals surface area contributed by atoms with Crippen molar-refractivity contribution in [2.24, 2.45) is 35.5 Å². The highest BCUT2D eigenvalue weighted by Crippen LogP contribution is 2.65. The average molecular weight is 459 g/mol. The summed E-state index contributed by atoms with van der Waals surface area (Å²) in [6.45, 7) is 1.62. The van der Waals surface area contributed by atoms with Gasteiger partial charge >= 0.3 is 0 Å². The number of amides is 3. The van der Waals surface area contributed by atoms with E-state index >= 15 is 0 Å². The number of ether oxygens (including phenoxy) is 2. The number of allylic oxidation sites excluding steroid dienone is 2. The lowest BCUT2D eigenvalue weighted by Gasteiger charge is -2.37. The predicted molar refractivity (Wildman–Crippen MR) is 124 cm³/mol. The molecule has 1 aliphatic heterocycles. The Hall–Kier alpha value is -3.61. The van der Waals surface area contributed by atoms with E-state index in [1.54, 1.807) is 38.3 Å². The topological polar surface area (TPSA) is 84.9 Å². The maximum Gasteiger partial charge on any atom is 0.247 e. The molecule has 2 saturated carbocycles. The lowest BCUT2D eigenvalue weighted by atomic mass is 9.63. The molecule has 7 heteroatoms. The molecule has 34 heavy (non-hydrogen) atoms. The molecule has 7 nitrogen and oxygen atoms in total. The summed E-state index contributed by atoms with van der Waals surface area (Å²) in [7, 11) is 1.61. The van der Waals surface area contributed by atoms with Gasteiger partial charge in [0.1, 0.15) is 23.3 Å². The zero-order valence-corrected chi connectivity index (χ0v) is 19.0. The van der Waals surface area contributed by atoms with Gasteiger partial charge in [-0.2, -0.15) is 0 Å². The number of benzene rings is 2. The van der Waals surface area contributed by atoms with Gasteiger partial charge in [0.25, 0.3) is 0 Å². The highest BCUT2D eigenvalue weighted by Gasteiger charge is 2.67. The minimum Gasteiger partial charge on any atom is -0.497 e. The largest absolute Gasteiger partial charge is 0.497 e. The lowest BCUT2D eigenvalue weighted by Crippen LogP contribution is -2.46. The van der Waals surface area contributed by atoms with Crippen LogP contribution in [0.3, 0.4) is 0 Å². The van der Waals surface area contributed by atoms with Gasteiger partial charge in [-0.25, -0.2) is 0 Å². The summed E-state index contributed by atoms with van der Waals surface area (Å²) in [5.74, 6) is 2.05. The quantitative estimate of drug-likeness (QED) is 0.525. The molecular formula is C27H26N2O5. The summed E-state index contributed by atoms with van der Waals surface area (Å²) in [6, 6.07) is 13.3. The van der Waals surface area contributed by atoms with E-state index in [1.165, 1.54) is 4.90 Å². The fourth-order valence-corrected chi connectivity index (χ4v) is 6.11. The maximum absolute atomic E-state index is 13.2. The van der Waals surface area contributed by atoms with Gasteiger partial charge in [-0.1, -0.05) is 12.2 Å². The Bertz CT molecular complexity index is 1150. The number of anilines is 1. The predicted octanol–water partition coefficient (Wildman–Crippen LogP) is 3.87. The van der Waals surface area contributed by atoms with E-state index in [1.807, 2.05) is 24.3 Å². The first-order valence-corrected chi connectivity index (χ1v) is 11.7. The van der Waals surface area contributed by atoms with E-state index in [-0.39, 0.29) is 41.4 Å². The van der Waals surface area contributed by atoms with Crippen molar-refractivity contribution in [2.45, 2.75) is 19.4 Å². The molecular weight excluding hydrogens is 432 g/mol. The van der Waals surface area contributed by atoms with Gasteiger partial charge in [0.2, 0.25) is 17.7 Å². The van der Waals surface area contributed by atoms with Gasteiger partial charge < -0.3 is 14.8 Å². The highest BCUT2D eigenvalue weighted by molar-refractivity contribution is 6.10. The van der Waals surface area contributed by atoms with E-state index in [4.69, 9.17) is 9.47 Å². The fourth-order valence-electron chi connectivity index (χ4n) is 6.11. The molecule has 2 aromatic rings. The third-order valence-corrected chi connectivity index (χ3v) is 7.88. The summed E-state index contributed by atoms with van der Waals surface area (Å²) in [5, 5.41) is 2.83. The second-order valence-corrected chi connectivity index (χ2v) is 9.67. The van der Waals surface area contributed by atoms with E-state index in [2.05, 4.69) is 17.5 Å². The first-order chi connectivity index (χ1) is 16.5. The van der Waals surface area contributed by atoms with E-state index in [9.17, 15) is 14.4 Å². The first kappa shape index (κ1) is 21.0. The van der Waals surface area contributed by atoms with Crippen molar-refractivity contribution in [2.75, 3.05) is 12.4 Å². The minimum atomic E-state index is -0.864. The molecule has 3 fully saturated rings. The van der Waals surface area contributed by atoms with Gasteiger partial charge in [0.05, 0.1) is 18.9 Å². The van der Waals surface area contributed by atoms with Gasteiger partial charge in [0.15, 0.2) is 0 Å². The molecule has 0 spiro atoms. The lowest BCUT2D eigenvalue weighted by molar-refractivity contribution is -0.146. The van der Waals surface area contributed by atoms with Crippen LogP contribution in [0.4, 0.5) is 5.69 Å². The van der Waals surface area contributed by atoms with Crippen molar-refractivity contribution < 1.29 is 23.9 Å². The Morgan fingerprint density at radius 2 is 1.38 bits per heavy atom. The summed E-state index contributed by atoms with van der Waals surface area (Å²) in [6.07, 6.45) is 5.38. The van der Waals surface area contributed by atoms with Crippen LogP contribution in [0, 0.1) is 35.5 Å². The number of imide groups is 1. The molecule has 0 unspecified atom stereocenters. The molecule has 1 N–H and O–H groups in total. The maximum atomic E-state index is 13.2. The summed E-state index contributed by atoms with van der Waals surface area (Å²) in [5.41, 5.74) is 0.568. The van der Waals surface area contributed by atoms with E-state index < -0.39 is 6.04 Å². The Balaban J connectivity index is 1.11. The third-order valence-electron chi connectivity index (χ3n) is 7.88. The summed E-state index contributed by atoms with van der Waals surface area (Å²) >= 11 is 0. The van der Waals surface area contributed by atoms with Crippen LogP contribution in [0.2, 0.25) is 0 Å². The number of methoxy groups -OCH3 is 1. The van der Waals surface area contributed by atoms with Crippen LogP contribution in [0.25, 0.3) is 0 Å². The van der Waals surface area contributed by atoms with Crippen molar-refractivity contribution in [1.29, 1.82) is 0 Å². The van der Waals surface area contributed by atoms with Crippen molar-refractivity contribution in [3.8, 4) is 17.2 Å². The van der Waals surface area contributed by atoms with Crippen LogP contribution >= 0.6 is 0 Å². The molecule has 174 valence electrons. The summed E-state index contributed by atoms with van der Waals surface area (Å²) in [4.78, 5) is 40.6. The first-order valence-electron chi connectivity index (χ1n) is 11.7. The number of hydrogen-bond donors (Lipinski definition) is 1. The Labute approximate surface area is 197 Å². The van der Waals surface area contributed by atoms with Crippen molar-refractivity contribution >= 4 is 23.4 Å². The SMILES string of the molecule is COc1ccc(Oc2ccc(NC(=O)[C@@H](C)N3C(=O)[C@@H]4[C@H]5C=C[C@H]([C@H]6C[C@@H]56)[C@@H]4C3=O)cc2)cc1. The van der Waals surface area contributed by atoms with Crippen LogP contribution in [-0.4, -0.2) is 35.8 Å². The number of carbonyl (C=O) groups is 3. The molecule has 3 amide bonds. The smallest absolute Gasteiger partial charge is 0.247 e. The zero-order valence-electron chi connectivity index (χ0n) is 19.0. The second-order valence-electron chi connectivity index (χ2n) is 9.67. The molecule has 5 aliphatic rings. The number of hydrogen-bond acceptors (Lipinski definition) is 5. The minimum absolute atomic E-state index is 0.148. The second kappa shape index (κ2) is 7.72. The van der Waals surface area contributed by atoms with E-state index in [0.717, 1.165) is 12.2 Å². The van der Waals surface area contributed by atoms with E-state index in [0.29, 0.717) is 29.0 Å². The van der Waals surface area contributed by atoms with Gasteiger partial charge in [0, 0.05) is 5.69 Å². The Morgan fingerprint density at radius 1 is 0.882 bits per heavy atom. The molecule has 0 aromatic heterocycles. The fraction of sp³-hybridized carbons (Fsp3) is 0.370. The molecule has 7 atom stereocenters. The number of rotatable bonds is 6. The normalized spacial score (nSPS) is 31.1. The van der Waals surface area contributed by atoms with Crippen molar-refractivity contribution in [1.82, 2.24) is 4.90 Å². The number of likely N-dealkylation sites (tertiary alicyclic amines) is 1. The molecule has 7 rings (SSSR count). The third kappa shape index (κ3) is 3.22. The standard InChI is InChI=1S/C27H26N2O5/c1-14(29-26(31)23-19-11-12-20(22-13-21(19)22)24(23)27(29)32)25(30)28-15-3-5-17(6-4-15)34-18-9-7-16(33-2)8-10-18/h3-12,14,19-24H,13H2,1-2H3,(H,28,30)/t14-,19-,20+,21-,22+,23+,24-/m1/s1. The van der Waals surface area contributed by atoms with Crippen LogP contribution in [-0.2, 0) is 14.4 Å². The van der Waals surface area contributed by atoms with Crippen LogP contribution in [0.1, 0.15) is 13.3 Å². The van der Waals surface area contributed by atoms with Crippen LogP contribution < -0.4 is 14.8 Å². The van der Waals surface area contributed by atoms with Crippen LogP contribution in [0.5, 0.6) is 17.2 Å². The molecule has 4 aliphatic carbocycles. The molecule has 1 saturated heterocycles. The highest BCUT2D eigenvalue weighted by atomic mass is 16.5. The van der Waals surface area contributed by atoms with Gasteiger partial charge in [-0.15, -0.1) is 0 Å². The molecule has 1 heterocycles. The Morgan fingerprint density at radius 3 is 1.91 bits per heavy atom. The molecule has 0 radical (unpaired) electrons. The van der Waals surface area contributed by atoms with Crippen LogP contribution in [0.15, 0.2) is 60.7 Å². The molecule has 2 bridgehead atoms. The zero-order chi connectivity index (χ0) is 23.6. The van der Waals surface area contributed by atoms with Gasteiger partial charge in [-0.05, 0) is 85.5 Å². The van der Waals surface area contributed by atoms with Crippen molar-refractivity contribution in [3.63, 3.8) is 0 Å². The average Bonchev–Trinajstić information content (AvgIpc) is 3.63. The van der Waals surface area contributed by atoms with Crippen molar-refractivity contribution in [3.05, 3.63) is 60.7 Å². The monoisotopic (exact) mass is 458 g/mol. The Kier molecular flexibility index (Phi) is 4.76. The summed E-state index contributed by atoms with van der Waals surface area (Å²) < 4.78 is 11.0. The molecule has 2 aromatic carbocycles. The number of nitrogens with zero attached hydrogens (tertiary/aromatic N) is 1. The van der Waals surface area contributed by atoms with Gasteiger partial charge in [-0.3, -0.25) is 19.3 Å². The number of carbonyl (C=O) groups excluding carboxylic acids is 3.